The highest BCUT2D eigenvalue weighted by Crippen LogP contribution is 2.23. The van der Waals surface area contributed by atoms with Gasteiger partial charge in [-0.1, -0.05) is 39.0 Å². The number of carbonyl (C=O) groups is 1. The van der Waals surface area contributed by atoms with E-state index in [1.165, 1.54) is 25.7 Å². The van der Waals surface area contributed by atoms with Crippen LogP contribution in [0.2, 0.25) is 0 Å². The average Bonchev–Trinajstić information content (AvgIpc) is 2.40. The van der Waals surface area contributed by atoms with Crippen molar-refractivity contribution in [2.24, 2.45) is 0 Å². The van der Waals surface area contributed by atoms with E-state index in [0.29, 0.717) is 12.2 Å². The van der Waals surface area contributed by atoms with Crippen molar-refractivity contribution >= 4 is 73.7 Å². The van der Waals surface area contributed by atoms with Gasteiger partial charge in [0.05, 0.1) is 12.2 Å². The molecule has 0 aliphatic heterocycles. The molecule has 0 unspecified atom stereocenters. The smallest absolute Gasteiger partial charge is 0.293 e. The zero-order valence-electron chi connectivity index (χ0n) is 12.0. The highest BCUT2D eigenvalue weighted by molar-refractivity contribution is 14.1. The first-order valence-corrected chi connectivity index (χ1v) is 10.3. The number of hydrogen-bond acceptors (Lipinski definition) is 3. The van der Waals surface area contributed by atoms with Crippen molar-refractivity contribution in [1.82, 2.24) is 0 Å². The van der Waals surface area contributed by atoms with Crippen molar-refractivity contribution in [2.75, 3.05) is 6.61 Å². The normalized spacial score (nSPS) is 10.7. The molecule has 0 amide bonds. The second-order valence-electron chi connectivity index (χ2n) is 4.70. The number of hydrogen-bond donors (Lipinski definition) is 0. The van der Waals surface area contributed by atoms with E-state index < -0.39 is 5.97 Å². The molecular formula is C15H19I3O3. The standard InChI is InChI=1S/C15H19I3O3/c1-2-3-4-5-6-7-8-20-21-15(19)14-12(17)9-11(16)10-13(14)18/h9-10H,2-8H2,1H3. The molecule has 0 saturated heterocycles. The quantitative estimate of drug-likeness (QED) is 0.147. The first-order chi connectivity index (χ1) is 10.1. The third kappa shape index (κ3) is 7.78. The Kier molecular flexibility index (Phi) is 10.8. The molecule has 0 aromatic heterocycles. The van der Waals surface area contributed by atoms with E-state index in [4.69, 9.17) is 9.78 Å². The zero-order chi connectivity index (χ0) is 15.7. The topological polar surface area (TPSA) is 35.5 Å². The SMILES string of the molecule is CCCCCCCCOOC(=O)c1c(I)cc(I)cc1I. The molecule has 6 heteroatoms. The summed E-state index contributed by atoms with van der Waals surface area (Å²) in [6.45, 7) is 2.67. The number of halogens is 3. The highest BCUT2D eigenvalue weighted by Gasteiger charge is 2.17. The summed E-state index contributed by atoms with van der Waals surface area (Å²) < 4.78 is 2.88. The summed E-state index contributed by atoms with van der Waals surface area (Å²) in [4.78, 5) is 22.0. The maximum Gasteiger partial charge on any atom is 0.375 e. The minimum absolute atomic E-state index is 0.411. The molecule has 0 N–H and O–H groups in total. The lowest BCUT2D eigenvalue weighted by Crippen LogP contribution is -2.11. The molecule has 0 aliphatic carbocycles. The Morgan fingerprint density at radius 1 is 1.00 bits per heavy atom. The summed E-state index contributed by atoms with van der Waals surface area (Å²) in [6, 6.07) is 3.90. The van der Waals surface area contributed by atoms with Gasteiger partial charge in [-0.3, -0.25) is 4.89 Å². The fourth-order valence-electron chi connectivity index (χ4n) is 1.82. The molecular weight excluding hydrogens is 609 g/mol. The lowest BCUT2D eigenvalue weighted by molar-refractivity contribution is -0.241. The Balaban J connectivity index is 2.29. The van der Waals surface area contributed by atoms with Crippen LogP contribution in [-0.2, 0) is 9.78 Å². The van der Waals surface area contributed by atoms with Crippen molar-refractivity contribution in [1.29, 1.82) is 0 Å². The second kappa shape index (κ2) is 11.4. The van der Waals surface area contributed by atoms with Crippen molar-refractivity contribution < 1.29 is 14.6 Å². The van der Waals surface area contributed by atoms with E-state index in [1.54, 1.807) is 0 Å². The van der Waals surface area contributed by atoms with Crippen LogP contribution in [-0.4, -0.2) is 12.6 Å². The molecule has 1 aromatic rings. The van der Waals surface area contributed by atoms with E-state index in [0.717, 1.165) is 23.6 Å². The van der Waals surface area contributed by atoms with E-state index in [2.05, 4.69) is 74.7 Å². The predicted molar refractivity (Wildman–Crippen MR) is 109 cm³/mol. The molecule has 1 rings (SSSR count). The minimum Gasteiger partial charge on any atom is -0.293 e. The zero-order valence-corrected chi connectivity index (χ0v) is 18.4. The summed E-state index contributed by atoms with van der Waals surface area (Å²) in [5.74, 6) is -0.411. The van der Waals surface area contributed by atoms with Crippen LogP contribution in [0.5, 0.6) is 0 Å². The van der Waals surface area contributed by atoms with Gasteiger partial charge in [0.25, 0.3) is 0 Å². The van der Waals surface area contributed by atoms with Gasteiger partial charge in [-0.2, -0.15) is 4.89 Å². The Morgan fingerprint density at radius 2 is 1.57 bits per heavy atom. The number of benzene rings is 1. The fraction of sp³-hybridized carbons (Fsp3) is 0.533. The largest absolute Gasteiger partial charge is 0.375 e. The van der Waals surface area contributed by atoms with Gasteiger partial charge in [-0.05, 0) is 86.3 Å². The summed E-state index contributed by atoms with van der Waals surface area (Å²) in [7, 11) is 0. The van der Waals surface area contributed by atoms with Crippen molar-refractivity contribution in [3.05, 3.63) is 28.4 Å². The van der Waals surface area contributed by atoms with Crippen LogP contribution in [0.4, 0.5) is 0 Å². The van der Waals surface area contributed by atoms with E-state index in [-0.39, 0.29) is 0 Å². The fourth-order valence-corrected chi connectivity index (χ4v) is 5.84. The third-order valence-electron chi connectivity index (χ3n) is 2.93. The number of unbranched alkanes of at least 4 members (excludes halogenated alkanes) is 5. The first kappa shape index (κ1) is 19.9. The monoisotopic (exact) mass is 628 g/mol. The van der Waals surface area contributed by atoms with Crippen molar-refractivity contribution in [3.8, 4) is 0 Å². The molecule has 0 aliphatic rings. The van der Waals surface area contributed by atoms with Crippen LogP contribution in [0.1, 0.15) is 55.8 Å². The van der Waals surface area contributed by atoms with E-state index >= 15 is 0 Å². The van der Waals surface area contributed by atoms with Gasteiger partial charge in [0.1, 0.15) is 0 Å². The molecule has 0 bridgehead atoms. The minimum atomic E-state index is -0.411. The maximum atomic E-state index is 12.0. The summed E-state index contributed by atoms with van der Waals surface area (Å²) in [5.41, 5.74) is 0.583. The number of rotatable bonds is 9. The lowest BCUT2D eigenvalue weighted by Gasteiger charge is -2.08. The highest BCUT2D eigenvalue weighted by atomic mass is 127. The Morgan fingerprint density at radius 3 is 2.19 bits per heavy atom. The Labute approximate surface area is 167 Å². The second-order valence-corrected chi connectivity index (χ2v) is 8.27. The molecule has 3 nitrogen and oxygen atoms in total. The summed E-state index contributed by atoms with van der Waals surface area (Å²) >= 11 is 6.53. The molecule has 0 heterocycles. The molecule has 0 spiro atoms. The van der Waals surface area contributed by atoms with E-state index in [1.807, 2.05) is 12.1 Å². The van der Waals surface area contributed by atoms with Gasteiger partial charge in [0, 0.05) is 10.7 Å². The van der Waals surface area contributed by atoms with Crippen LogP contribution in [0, 0.1) is 10.7 Å². The summed E-state index contributed by atoms with van der Waals surface area (Å²) in [5, 5.41) is 0. The van der Waals surface area contributed by atoms with Gasteiger partial charge >= 0.3 is 5.97 Å². The van der Waals surface area contributed by atoms with Crippen LogP contribution < -0.4 is 0 Å². The van der Waals surface area contributed by atoms with Crippen molar-refractivity contribution in [3.63, 3.8) is 0 Å². The molecule has 0 atom stereocenters. The third-order valence-corrected chi connectivity index (χ3v) is 5.25. The Bertz CT molecular complexity index is 440. The van der Waals surface area contributed by atoms with Gasteiger partial charge < -0.3 is 0 Å². The van der Waals surface area contributed by atoms with Gasteiger partial charge in [0.2, 0.25) is 0 Å². The molecule has 1 aromatic carbocycles. The molecule has 0 fully saturated rings. The molecule has 118 valence electrons. The molecule has 21 heavy (non-hydrogen) atoms. The number of carbonyl (C=O) groups excluding carboxylic acids is 1. The summed E-state index contributed by atoms with van der Waals surface area (Å²) in [6.07, 6.45) is 7.09. The molecule has 0 saturated carbocycles. The van der Waals surface area contributed by atoms with E-state index in [9.17, 15) is 4.79 Å². The van der Waals surface area contributed by atoms with Gasteiger partial charge in [0.15, 0.2) is 0 Å². The van der Waals surface area contributed by atoms with Gasteiger partial charge in [-0.25, -0.2) is 4.79 Å². The first-order valence-electron chi connectivity index (χ1n) is 7.04. The predicted octanol–water partition coefficient (Wildman–Crippen LogP) is 5.95. The van der Waals surface area contributed by atoms with Crippen LogP contribution in [0.15, 0.2) is 12.1 Å². The van der Waals surface area contributed by atoms with Crippen LogP contribution >= 0.6 is 67.8 Å². The van der Waals surface area contributed by atoms with Crippen molar-refractivity contribution in [2.45, 2.75) is 45.4 Å². The van der Waals surface area contributed by atoms with Crippen LogP contribution in [0.3, 0.4) is 0 Å². The molecule has 0 radical (unpaired) electrons. The lowest BCUT2D eigenvalue weighted by atomic mass is 10.1. The average molecular weight is 628 g/mol. The Hall–Kier alpha value is 0.840. The van der Waals surface area contributed by atoms with Gasteiger partial charge in [-0.15, -0.1) is 0 Å². The maximum absolute atomic E-state index is 12.0. The van der Waals surface area contributed by atoms with Crippen LogP contribution in [0.25, 0.3) is 0 Å².